The fourth-order valence-corrected chi connectivity index (χ4v) is 1.89. The monoisotopic (exact) mass is 249 g/mol. The first kappa shape index (κ1) is 15.2. The van der Waals surface area contributed by atoms with Crippen LogP contribution in [-0.2, 0) is 6.42 Å². The summed E-state index contributed by atoms with van der Waals surface area (Å²) in [6, 6.07) is 9.23. The molecule has 0 aliphatic rings. The van der Waals surface area contributed by atoms with Crippen molar-refractivity contribution in [1.82, 2.24) is 4.90 Å². The maximum Gasteiger partial charge on any atom is 0.0603 e. The molecule has 0 radical (unpaired) electrons. The lowest BCUT2D eigenvalue weighted by Crippen LogP contribution is -2.35. The van der Waals surface area contributed by atoms with Crippen molar-refractivity contribution in [2.45, 2.75) is 52.2 Å². The molecule has 1 aromatic carbocycles. The number of benzene rings is 1. The van der Waals surface area contributed by atoms with E-state index >= 15 is 0 Å². The molecule has 2 heteroatoms. The highest BCUT2D eigenvalue weighted by Crippen LogP contribution is 2.12. The zero-order valence-electron chi connectivity index (χ0n) is 12.4. The minimum absolute atomic E-state index is 0.495. The van der Waals surface area contributed by atoms with Crippen LogP contribution >= 0.6 is 0 Å². The summed E-state index contributed by atoms with van der Waals surface area (Å²) in [5.74, 6) is 0. The van der Waals surface area contributed by atoms with Crippen LogP contribution in [0.4, 0.5) is 0 Å². The summed E-state index contributed by atoms with van der Waals surface area (Å²) in [7, 11) is 2.13. The molecule has 0 fully saturated rings. The van der Waals surface area contributed by atoms with Crippen molar-refractivity contribution in [1.29, 1.82) is 0 Å². The summed E-state index contributed by atoms with van der Waals surface area (Å²) in [5.41, 5.74) is 2.11. The molecule has 0 bridgehead atoms. The van der Waals surface area contributed by atoms with Crippen LogP contribution in [0.3, 0.4) is 0 Å². The van der Waals surface area contributed by atoms with Gasteiger partial charge in [-0.1, -0.05) is 29.8 Å². The number of hydrogen-bond donors (Lipinski definition) is 1. The van der Waals surface area contributed by atoms with Gasteiger partial charge in [-0.25, -0.2) is 0 Å². The van der Waals surface area contributed by atoms with E-state index in [1.165, 1.54) is 11.1 Å². The van der Waals surface area contributed by atoms with Crippen molar-refractivity contribution in [3.05, 3.63) is 35.4 Å². The number of likely N-dealkylation sites (N-methyl/N-ethyl adjacent to an activating group) is 1. The minimum Gasteiger partial charge on any atom is -0.390 e. The summed E-state index contributed by atoms with van der Waals surface area (Å²) < 4.78 is 0. The third kappa shape index (κ3) is 5.65. The van der Waals surface area contributed by atoms with Crippen molar-refractivity contribution >= 4 is 0 Å². The van der Waals surface area contributed by atoms with Crippen LogP contribution in [0, 0.1) is 6.92 Å². The zero-order valence-corrected chi connectivity index (χ0v) is 12.4. The number of aliphatic hydroxyl groups is 1. The molecule has 0 heterocycles. The van der Waals surface area contributed by atoms with E-state index in [0.29, 0.717) is 6.04 Å². The van der Waals surface area contributed by atoms with Gasteiger partial charge in [0, 0.05) is 12.6 Å². The predicted octanol–water partition coefficient (Wildman–Crippen LogP) is 3.02. The predicted molar refractivity (Wildman–Crippen MR) is 77.9 cm³/mol. The van der Waals surface area contributed by atoms with E-state index in [1.807, 2.05) is 13.8 Å². The molecule has 1 rings (SSSR count). The van der Waals surface area contributed by atoms with Crippen molar-refractivity contribution < 1.29 is 5.11 Å². The molecule has 0 saturated heterocycles. The number of aryl methyl sites for hydroxylation is 1. The van der Waals surface area contributed by atoms with Gasteiger partial charge in [-0.2, -0.15) is 0 Å². The quantitative estimate of drug-likeness (QED) is 0.837. The topological polar surface area (TPSA) is 23.5 Å². The van der Waals surface area contributed by atoms with Gasteiger partial charge >= 0.3 is 0 Å². The molecule has 0 aliphatic heterocycles. The Bertz CT molecular complexity index is 350. The second-order valence-corrected chi connectivity index (χ2v) is 6.08. The zero-order chi connectivity index (χ0) is 13.8. The Labute approximate surface area is 112 Å². The van der Waals surface area contributed by atoms with Gasteiger partial charge in [0.2, 0.25) is 0 Å². The summed E-state index contributed by atoms with van der Waals surface area (Å²) in [6.07, 6.45) is 1.87. The molecule has 102 valence electrons. The smallest absolute Gasteiger partial charge is 0.0603 e. The minimum atomic E-state index is -0.572. The molecule has 0 amide bonds. The molecule has 0 saturated carbocycles. The average molecular weight is 249 g/mol. The molecule has 1 N–H and O–H groups in total. The first-order valence-corrected chi connectivity index (χ1v) is 6.76. The van der Waals surface area contributed by atoms with E-state index in [-0.39, 0.29) is 0 Å². The maximum atomic E-state index is 9.74. The van der Waals surface area contributed by atoms with Crippen molar-refractivity contribution in [2.75, 3.05) is 13.6 Å². The van der Waals surface area contributed by atoms with Gasteiger partial charge in [0.15, 0.2) is 0 Å². The number of hydrogen-bond acceptors (Lipinski definition) is 2. The van der Waals surface area contributed by atoms with Crippen molar-refractivity contribution in [3.63, 3.8) is 0 Å². The Morgan fingerprint density at radius 3 is 2.28 bits per heavy atom. The molecule has 1 atom stereocenters. The van der Waals surface area contributed by atoms with Crippen LogP contribution in [-0.4, -0.2) is 35.2 Å². The highest BCUT2D eigenvalue weighted by molar-refractivity contribution is 5.21. The van der Waals surface area contributed by atoms with E-state index < -0.39 is 5.60 Å². The van der Waals surface area contributed by atoms with E-state index in [0.717, 1.165) is 19.4 Å². The molecule has 0 aliphatic carbocycles. The van der Waals surface area contributed by atoms with E-state index in [4.69, 9.17) is 0 Å². The largest absolute Gasteiger partial charge is 0.390 e. The highest BCUT2D eigenvalue weighted by Gasteiger charge is 2.16. The fraction of sp³-hybridized carbons (Fsp3) is 0.625. The Hall–Kier alpha value is -0.860. The normalized spacial score (nSPS) is 13.9. The molecule has 2 nitrogen and oxygen atoms in total. The third-order valence-corrected chi connectivity index (χ3v) is 3.48. The Morgan fingerprint density at radius 1 is 1.22 bits per heavy atom. The third-order valence-electron chi connectivity index (χ3n) is 3.48. The van der Waals surface area contributed by atoms with Gasteiger partial charge in [-0.15, -0.1) is 0 Å². The summed E-state index contributed by atoms with van der Waals surface area (Å²) in [5, 5.41) is 9.74. The van der Waals surface area contributed by atoms with Gasteiger partial charge in [0.05, 0.1) is 5.60 Å². The van der Waals surface area contributed by atoms with Crippen LogP contribution in [0.1, 0.15) is 38.3 Å². The lowest BCUT2D eigenvalue weighted by Gasteiger charge is -2.28. The first-order valence-electron chi connectivity index (χ1n) is 6.76. The lowest BCUT2D eigenvalue weighted by atomic mass is 10.0. The standard InChI is InChI=1S/C16H27NO/c1-13-6-8-15(9-7-13)12-14(2)17(5)11-10-16(3,4)18/h6-9,14,18H,10-12H2,1-5H3. The van der Waals surface area contributed by atoms with Crippen LogP contribution in [0.5, 0.6) is 0 Å². The van der Waals surface area contributed by atoms with E-state index in [1.54, 1.807) is 0 Å². The van der Waals surface area contributed by atoms with Gasteiger partial charge < -0.3 is 10.0 Å². The highest BCUT2D eigenvalue weighted by atomic mass is 16.3. The van der Waals surface area contributed by atoms with Crippen LogP contribution in [0.2, 0.25) is 0 Å². The SMILES string of the molecule is Cc1ccc(CC(C)N(C)CCC(C)(C)O)cc1. The Balaban J connectivity index is 2.44. The molecule has 1 aromatic rings. The molecule has 0 spiro atoms. The number of rotatable bonds is 6. The van der Waals surface area contributed by atoms with Gasteiger partial charge in [0.25, 0.3) is 0 Å². The van der Waals surface area contributed by atoms with E-state index in [2.05, 4.69) is 50.1 Å². The summed E-state index contributed by atoms with van der Waals surface area (Å²) >= 11 is 0. The Morgan fingerprint density at radius 2 is 1.78 bits per heavy atom. The van der Waals surface area contributed by atoms with Gasteiger partial charge in [-0.3, -0.25) is 0 Å². The molecule has 1 unspecified atom stereocenters. The lowest BCUT2D eigenvalue weighted by molar-refractivity contribution is 0.0566. The summed E-state index contributed by atoms with van der Waals surface area (Å²) in [6.45, 7) is 9.01. The first-order chi connectivity index (χ1) is 8.28. The number of nitrogens with zero attached hydrogens (tertiary/aromatic N) is 1. The van der Waals surface area contributed by atoms with E-state index in [9.17, 15) is 5.11 Å². The van der Waals surface area contributed by atoms with Crippen LogP contribution in [0.15, 0.2) is 24.3 Å². The molecule has 0 aromatic heterocycles. The van der Waals surface area contributed by atoms with Crippen molar-refractivity contribution in [3.8, 4) is 0 Å². The average Bonchev–Trinajstić information content (AvgIpc) is 2.28. The van der Waals surface area contributed by atoms with Crippen molar-refractivity contribution in [2.24, 2.45) is 0 Å². The second kappa shape index (κ2) is 6.35. The molecular weight excluding hydrogens is 222 g/mol. The van der Waals surface area contributed by atoms with Gasteiger partial charge in [0.1, 0.15) is 0 Å². The maximum absolute atomic E-state index is 9.74. The second-order valence-electron chi connectivity index (χ2n) is 6.08. The summed E-state index contributed by atoms with van der Waals surface area (Å²) in [4.78, 5) is 2.32. The van der Waals surface area contributed by atoms with Crippen LogP contribution < -0.4 is 0 Å². The molecule has 18 heavy (non-hydrogen) atoms. The van der Waals surface area contributed by atoms with Crippen LogP contribution in [0.25, 0.3) is 0 Å². The fourth-order valence-electron chi connectivity index (χ4n) is 1.89. The molecular formula is C16H27NO. The van der Waals surface area contributed by atoms with Gasteiger partial charge in [-0.05, 0) is 53.1 Å². The Kier molecular flexibility index (Phi) is 5.36.